The van der Waals surface area contributed by atoms with E-state index in [-0.39, 0.29) is 11.7 Å². The first-order valence-electron chi connectivity index (χ1n) is 8.19. The summed E-state index contributed by atoms with van der Waals surface area (Å²) in [4.78, 5) is 0. The van der Waals surface area contributed by atoms with Crippen LogP contribution in [0.1, 0.15) is 24.0 Å². The number of nitrogen functional groups attached to an aromatic ring is 1. The van der Waals surface area contributed by atoms with Crippen molar-refractivity contribution in [1.82, 2.24) is 9.78 Å². The van der Waals surface area contributed by atoms with Crippen molar-refractivity contribution in [3.8, 4) is 17.6 Å². The molecule has 134 valence electrons. The Balaban J connectivity index is 2.01. The van der Waals surface area contributed by atoms with E-state index in [0.717, 1.165) is 5.56 Å². The molecule has 5 nitrogen and oxygen atoms in total. The van der Waals surface area contributed by atoms with Gasteiger partial charge in [0.15, 0.2) is 5.82 Å². The lowest BCUT2D eigenvalue weighted by Gasteiger charge is -2.25. The first-order valence-corrected chi connectivity index (χ1v) is 8.95. The van der Waals surface area contributed by atoms with Gasteiger partial charge in [-0.05, 0) is 24.6 Å². The number of rotatable bonds is 2. The summed E-state index contributed by atoms with van der Waals surface area (Å²) in [5.74, 6) is 0.779. The second kappa shape index (κ2) is 6.66. The van der Waals surface area contributed by atoms with Crippen LogP contribution in [-0.4, -0.2) is 9.78 Å². The number of hydrogen-bond acceptors (Lipinski definition) is 4. The van der Waals surface area contributed by atoms with Gasteiger partial charge in [-0.15, -0.1) is 5.10 Å². The van der Waals surface area contributed by atoms with Crippen molar-refractivity contribution >= 4 is 29.0 Å². The molecule has 1 aliphatic rings. The van der Waals surface area contributed by atoms with Crippen LogP contribution in [0.4, 0.5) is 5.82 Å². The molecular weight excluding hydrogens is 383 g/mol. The number of ether oxygens (including phenoxy) is 1. The Morgan fingerprint density at radius 1 is 1.11 bits per heavy atom. The second-order valence-electron chi connectivity index (χ2n) is 6.11. The Kier molecular flexibility index (Phi) is 4.31. The van der Waals surface area contributed by atoms with Gasteiger partial charge < -0.3 is 10.5 Å². The summed E-state index contributed by atoms with van der Waals surface area (Å²) >= 11 is 12.7. The smallest absolute Gasteiger partial charge is 0.228 e. The number of anilines is 1. The molecule has 0 bridgehead atoms. The van der Waals surface area contributed by atoms with Gasteiger partial charge in [0, 0.05) is 0 Å². The predicted molar refractivity (Wildman–Crippen MR) is 105 cm³/mol. The Labute approximate surface area is 166 Å². The minimum absolute atomic E-state index is 0.259. The van der Waals surface area contributed by atoms with E-state index in [0.29, 0.717) is 38.5 Å². The number of para-hydroxylation sites is 1. The van der Waals surface area contributed by atoms with E-state index in [1.54, 1.807) is 25.1 Å². The molecule has 1 aliphatic heterocycles. The second-order valence-corrected chi connectivity index (χ2v) is 6.93. The maximum Gasteiger partial charge on any atom is 0.228 e. The quantitative estimate of drug-likeness (QED) is 0.654. The predicted octanol–water partition coefficient (Wildman–Crippen LogP) is 5.08. The van der Waals surface area contributed by atoms with E-state index in [2.05, 4.69) is 11.2 Å². The molecule has 3 aromatic rings. The third-order valence-electron chi connectivity index (χ3n) is 4.52. The van der Waals surface area contributed by atoms with Gasteiger partial charge in [-0.25, -0.2) is 0 Å². The summed E-state index contributed by atoms with van der Waals surface area (Å²) in [6.07, 6.45) is 0. The van der Waals surface area contributed by atoms with Gasteiger partial charge in [-0.2, -0.15) is 9.94 Å². The number of aromatic nitrogens is 2. The lowest BCUT2D eigenvalue weighted by atomic mass is 9.84. The van der Waals surface area contributed by atoms with Gasteiger partial charge in [-0.3, -0.25) is 0 Å². The molecule has 1 atom stereocenters. The Morgan fingerprint density at radius 2 is 1.78 bits per heavy atom. The molecule has 1 unspecified atom stereocenters. The molecule has 4 rings (SSSR count). The maximum absolute atomic E-state index is 9.72. The van der Waals surface area contributed by atoms with E-state index in [1.165, 1.54) is 4.68 Å². The molecule has 0 fully saturated rings. The van der Waals surface area contributed by atoms with E-state index < -0.39 is 0 Å². The maximum atomic E-state index is 9.72. The third-order valence-corrected chi connectivity index (χ3v) is 5.13. The lowest BCUT2D eigenvalue weighted by molar-refractivity contribution is 0.374. The fraction of sp³-hybridized carbons (Fsp3) is 0.100. The van der Waals surface area contributed by atoms with Crippen molar-refractivity contribution in [3.63, 3.8) is 0 Å². The molecule has 0 amide bonds. The van der Waals surface area contributed by atoms with Crippen molar-refractivity contribution in [2.24, 2.45) is 0 Å². The summed E-state index contributed by atoms with van der Waals surface area (Å²) in [5, 5.41) is 15.0. The molecule has 0 radical (unpaired) electrons. The summed E-state index contributed by atoms with van der Waals surface area (Å²) in [5.41, 5.74) is 8.78. The summed E-state index contributed by atoms with van der Waals surface area (Å²) < 4.78 is 7.47. The zero-order valence-corrected chi connectivity index (χ0v) is 15.8. The number of halogens is 2. The number of nitrogens with two attached hydrogens (primary N) is 1. The number of benzene rings is 2. The first-order chi connectivity index (χ1) is 13.0. The normalized spacial score (nSPS) is 15.9. The summed E-state index contributed by atoms with van der Waals surface area (Å²) in [7, 11) is 0. The van der Waals surface area contributed by atoms with E-state index in [9.17, 15) is 5.26 Å². The molecule has 0 saturated heterocycles. The topological polar surface area (TPSA) is 76.9 Å². The van der Waals surface area contributed by atoms with Crippen LogP contribution in [0, 0.1) is 11.3 Å². The van der Waals surface area contributed by atoms with Crippen molar-refractivity contribution in [3.05, 3.63) is 81.0 Å². The summed E-state index contributed by atoms with van der Waals surface area (Å²) in [6.45, 7) is 1.75. The highest BCUT2D eigenvalue weighted by molar-refractivity contribution is 6.37. The highest BCUT2D eigenvalue weighted by atomic mass is 35.5. The van der Waals surface area contributed by atoms with Gasteiger partial charge >= 0.3 is 0 Å². The van der Waals surface area contributed by atoms with Gasteiger partial charge in [0.1, 0.15) is 11.4 Å². The minimum Gasteiger partial charge on any atom is -0.442 e. The van der Waals surface area contributed by atoms with Crippen LogP contribution in [0.2, 0.25) is 10.0 Å². The van der Waals surface area contributed by atoms with Crippen LogP contribution >= 0.6 is 23.2 Å². The molecule has 2 N–H and O–H groups in total. The highest BCUT2D eigenvalue weighted by Gasteiger charge is 2.36. The minimum atomic E-state index is -0.380. The van der Waals surface area contributed by atoms with Crippen molar-refractivity contribution in [1.29, 1.82) is 5.26 Å². The lowest BCUT2D eigenvalue weighted by Crippen LogP contribution is -2.16. The third kappa shape index (κ3) is 2.74. The van der Waals surface area contributed by atoms with Crippen molar-refractivity contribution in [2.75, 3.05) is 5.73 Å². The average Bonchev–Trinajstić information content (AvgIpc) is 2.97. The van der Waals surface area contributed by atoms with Crippen molar-refractivity contribution in [2.45, 2.75) is 12.8 Å². The fourth-order valence-corrected chi connectivity index (χ4v) is 3.87. The monoisotopic (exact) mass is 396 g/mol. The SMILES string of the molecule is CC1=C(C#N)C(c2ccccc2)c2c(N)nn(-c3c(Cl)cccc3Cl)c2O1. The Bertz CT molecular complexity index is 1090. The van der Waals surface area contributed by atoms with Crippen LogP contribution in [0.5, 0.6) is 5.88 Å². The number of nitriles is 1. The van der Waals surface area contributed by atoms with E-state index in [4.69, 9.17) is 33.7 Å². The number of allylic oxidation sites excluding steroid dienone is 2. The Hall–Kier alpha value is -2.94. The van der Waals surface area contributed by atoms with Crippen LogP contribution in [-0.2, 0) is 0 Å². The zero-order chi connectivity index (χ0) is 19.1. The highest BCUT2D eigenvalue weighted by Crippen LogP contribution is 2.47. The molecule has 27 heavy (non-hydrogen) atoms. The Morgan fingerprint density at radius 3 is 2.41 bits per heavy atom. The van der Waals surface area contributed by atoms with Gasteiger partial charge in [0.25, 0.3) is 0 Å². The molecule has 2 aromatic carbocycles. The van der Waals surface area contributed by atoms with E-state index >= 15 is 0 Å². The standard InChI is InChI=1S/C20H14Cl2N4O/c1-11-13(10-23)16(12-6-3-2-4-7-12)17-19(24)25-26(20(17)27-11)18-14(21)8-5-9-15(18)22/h2-9,16H,1H3,(H2,24,25). The number of hydrogen-bond donors (Lipinski definition) is 1. The molecule has 0 aliphatic carbocycles. The largest absolute Gasteiger partial charge is 0.442 e. The van der Waals surface area contributed by atoms with Crippen LogP contribution < -0.4 is 10.5 Å². The van der Waals surface area contributed by atoms with Gasteiger partial charge in [0.2, 0.25) is 5.88 Å². The van der Waals surface area contributed by atoms with Crippen LogP contribution in [0.25, 0.3) is 5.69 Å². The summed E-state index contributed by atoms with van der Waals surface area (Å²) in [6, 6.07) is 17.1. The van der Waals surface area contributed by atoms with E-state index in [1.807, 2.05) is 30.3 Å². The first kappa shape index (κ1) is 17.5. The molecule has 7 heteroatoms. The fourth-order valence-electron chi connectivity index (χ4n) is 3.31. The average molecular weight is 397 g/mol. The molecular formula is C20H14Cl2N4O. The molecule has 1 aromatic heterocycles. The van der Waals surface area contributed by atoms with Crippen molar-refractivity contribution < 1.29 is 4.74 Å². The molecule has 2 heterocycles. The van der Waals surface area contributed by atoms with Crippen LogP contribution in [0.15, 0.2) is 59.9 Å². The molecule has 0 spiro atoms. The van der Waals surface area contributed by atoms with Gasteiger partial charge in [0.05, 0.1) is 33.2 Å². The number of fused-ring (bicyclic) bond motifs is 1. The van der Waals surface area contributed by atoms with Gasteiger partial charge in [-0.1, -0.05) is 59.6 Å². The number of nitrogens with zero attached hydrogens (tertiary/aromatic N) is 3. The van der Waals surface area contributed by atoms with Crippen LogP contribution in [0.3, 0.4) is 0 Å². The molecule has 0 saturated carbocycles. The zero-order valence-electron chi connectivity index (χ0n) is 14.3.